The van der Waals surface area contributed by atoms with Gasteiger partial charge in [0.05, 0.1) is 6.54 Å². The van der Waals surface area contributed by atoms with Gasteiger partial charge in [-0.3, -0.25) is 4.79 Å². The number of hydrogen-bond acceptors (Lipinski definition) is 2. The van der Waals surface area contributed by atoms with Gasteiger partial charge in [0.2, 0.25) is 5.91 Å². The molecule has 0 aromatic rings. The van der Waals surface area contributed by atoms with Crippen LogP contribution in [0.3, 0.4) is 0 Å². The molecule has 0 radical (unpaired) electrons. The lowest BCUT2D eigenvalue weighted by atomic mass is 10.1. The first-order valence-corrected chi connectivity index (χ1v) is 5.32. The van der Waals surface area contributed by atoms with E-state index in [1.54, 1.807) is 7.05 Å². The molecule has 1 saturated carbocycles. The van der Waals surface area contributed by atoms with E-state index < -0.39 is 0 Å². The summed E-state index contributed by atoms with van der Waals surface area (Å²) < 4.78 is 0. The van der Waals surface area contributed by atoms with Crippen molar-refractivity contribution >= 4 is 5.91 Å². The van der Waals surface area contributed by atoms with Crippen LogP contribution in [0.5, 0.6) is 0 Å². The zero-order valence-electron chi connectivity index (χ0n) is 8.88. The molecule has 80 valence electrons. The average Bonchev–Trinajstić information content (AvgIpc) is 3.01. The van der Waals surface area contributed by atoms with Crippen molar-refractivity contribution in [3.63, 3.8) is 0 Å². The lowest BCUT2D eigenvalue weighted by Gasteiger charge is -2.16. The maximum Gasteiger partial charge on any atom is 0.233 e. The Morgan fingerprint density at radius 3 is 2.86 bits per heavy atom. The summed E-state index contributed by atoms with van der Waals surface area (Å²) in [6, 6.07) is 0.505. The summed E-state index contributed by atoms with van der Waals surface area (Å²) >= 11 is 0. The molecule has 1 aliphatic carbocycles. The fraction of sp³-hybridized carbons (Fsp3) is 0.727. The molecule has 1 atom stereocenters. The first-order valence-electron chi connectivity index (χ1n) is 5.32. The van der Waals surface area contributed by atoms with Crippen LogP contribution in [0, 0.1) is 5.92 Å². The fourth-order valence-corrected chi connectivity index (χ4v) is 1.61. The Bertz CT molecular complexity index is 199. The van der Waals surface area contributed by atoms with Gasteiger partial charge in [-0.15, -0.1) is 6.58 Å². The molecule has 1 unspecified atom stereocenters. The quantitative estimate of drug-likeness (QED) is 0.598. The van der Waals surface area contributed by atoms with Crippen LogP contribution in [0.4, 0.5) is 0 Å². The number of amides is 1. The van der Waals surface area contributed by atoms with E-state index in [9.17, 15) is 4.79 Å². The summed E-state index contributed by atoms with van der Waals surface area (Å²) in [5.41, 5.74) is 0. The first-order chi connectivity index (χ1) is 6.77. The Labute approximate surface area is 86.0 Å². The molecule has 0 bridgehead atoms. The molecule has 14 heavy (non-hydrogen) atoms. The number of carbonyl (C=O) groups excluding carboxylic acids is 1. The summed E-state index contributed by atoms with van der Waals surface area (Å²) in [4.78, 5) is 11.0. The van der Waals surface area contributed by atoms with Gasteiger partial charge in [0.1, 0.15) is 0 Å². The van der Waals surface area contributed by atoms with Crippen LogP contribution in [-0.4, -0.2) is 25.5 Å². The van der Waals surface area contributed by atoms with Crippen molar-refractivity contribution in [3.8, 4) is 0 Å². The molecule has 0 aliphatic heterocycles. The van der Waals surface area contributed by atoms with Crippen LogP contribution in [0.15, 0.2) is 12.7 Å². The number of nitrogens with one attached hydrogen (secondary N) is 2. The molecule has 0 heterocycles. The molecule has 3 heteroatoms. The van der Waals surface area contributed by atoms with Crippen molar-refractivity contribution in [1.29, 1.82) is 0 Å². The van der Waals surface area contributed by atoms with E-state index in [2.05, 4.69) is 17.2 Å². The zero-order valence-corrected chi connectivity index (χ0v) is 8.88. The third-order valence-corrected chi connectivity index (χ3v) is 2.68. The zero-order chi connectivity index (χ0) is 10.4. The molecule has 0 aromatic carbocycles. The van der Waals surface area contributed by atoms with E-state index in [1.807, 2.05) is 6.08 Å². The summed E-state index contributed by atoms with van der Waals surface area (Å²) in [5.74, 6) is 0.855. The van der Waals surface area contributed by atoms with Gasteiger partial charge in [0, 0.05) is 13.1 Å². The van der Waals surface area contributed by atoms with Gasteiger partial charge in [-0.2, -0.15) is 0 Å². The first kappa shape index (κ1) is 11.2. The lowest BCUT2D eigenvalue weighted by Crippen LogP contribution is -2.39. The topological polar surface area (TPSA) is 41.1 Å². The van der Waals surface area contributed by atoms with E-state index >= 15 is 0 Å². The van der Waals surface area contributed by atoms with Gasteiger partial charge < -0.3 is 10.6 Å². The summed E-state index contributed by atoms with van der Waals surface area (Å²) in [6.45, 7) is 4.16. The molecule has 1 fully saturated rings. The Morgan fingerprint density at radius 1 is 1.64 bits per heavy atom. The molecule has 3 nitrogen and oxygen atoms in total. The van der Waals surface area contributed by atoms with Crippen molar-refractivity contribution in [3.05, 3.63) is 12.7 Å². The maximum absolute atomic E-state index is 11.0. The van der Waals surface area contributed by atoms with Crippen molar-refractivity contribution in [2.24, 2.45) is 5.92 Å². The number of likely N-dealkylation sites (N-methyl/N-ethyl adjacent to an activating group) is 1. The minimum absolute atomic E-state index is 0.0641. The van der Waals surface area contributed by atoms with Gasteiger partial charge in [-0.1, -0.05) is 6.08 Å². The maximum atomic E-state index is 11.0. The fourth-order valence-electron chi connectivity index (χ4n) is 1.61. The molecule has 1 amide bonds. The Kier molecular flexibility index (Phi) is 4.66. The molecule has 0 spiro atoms. The average molecular weight is 196 g/mol. The number of rotatable bonds is 7. The van der Waals surface area contributed by atoms with E-state index in [1.165, 1.54) is 12.8 Å². The highest BCUT2D eigenvalue weighted by molar-refractivity contribution is 5.77. The van der Waals surface area contributed by atoms with Crippen LogP contribution < -0.4 is 10.6 Å². The smallest absolute Gasteiger partial charge is 0.233 e. The highest BCUT2D eigenvalue weighted by Gasteiger charge is 2.30. The van der Waals surface area contributed by atoms with Crippen molar-refractivity contribution in [2.75, 3.05) is 13.6 Å². The van der Waals surface area contributed by atoms with Gasteiger partial charge in [-0.05, 0) is 31.6 Å². The number of hydrogen-bond donors (Lipinski definition) is 2. The molecule has 2 N–H and O–H groups in total. The summed E-state index contributed by atoms with van der Waals surface area (Å²) in [7, 11) is 1.67. The third-order valence-electron chi connectivity index (χ3n) is 2.68. The normalized spacial score (nSPS) is 17.5. The van der Waals surface area contributed by atoms with Crippen LogP contribution in [-0.2, 0) is 4.79 Å². The number of carbonyl (C=O) groups is 1. The second-order valence-electron chi connectivity index (χ2n) is 3.86. The second kappa shape index (κ2) is 5.81. The van der Waals surface area contributed by atoms with E-state index in [0.29, 0.717) is 12.6 Å². The number of allylic oxidation sites excluding steroid dienone is 1. The lowest BCUT2D eigenvalue weighted by molar-refractivity contribution is -0.119. The van der Waals surface area contributed by atoms with Gasteiger partial charge in [0.15, 0.2) is 0 Å². The standard InChI is InChI=1S/C11H20N2O/c1-3-4-5-10(9-6-7-9)13-8-11(14)12-2/h3,9-10,13H,1,4-8H2,2H3,(H,12,14). The highest BCUT2D eigenvalue weighted by Crippen LogP contribution is 2.34. The van der Waals surface area contributed by atoms with Crippen molar-refractivity contribution < 1.29 is 4.79 Å². The molecular formula is C11H20N2O. The van der Waals surface area contributed by atoms with Gasteiger partial charge >= 0.3 is 0 Å². The second-order valence-corrected chi connectivity index (χ2v) is 3.86. The Balaban J connectivity index is 2.20. The summed E-state index contributed by atoms with van der Waals surface area (Å²) in [6.07, 6.45) is 6.69. The van der Waals surface area contributed by atoms with Gasteiger partial charge in [-0.25, -0.2) is 0 Å². The van der Waals surface area contributed by atoms with Crippen LogP contribution >= 0.6 is 0 Å². The molecule has 1 aliphatic rings. The minimum Gasteiger partial charge on any atom is -0.358 e. The van der Waals surface area contributed by atoms with Crippen molar-refractivity contribution in [2.45, 2.75) is 31.7 Å². The van der Waals surface area contributed by atoms with Crippen molar-refractivity contribution in [1.82, 2.24) is 10.6 Å². The molecular weight excluding hydrogens is 176 g/mol. The Hall–Kier alpha value is -0.830. The van der Waals surface area contributed by atoms with E-state index in [4.69, 9.17) is 0 Å². The SMILES string of the molecule is C=CCCC(NCC(=O)NC)C1CC1. The minimum atomic E-state index is 0.0641. The molecule has 0 saturated heterocycles. The largest absolute Gasteiger partial charge is 0.358 e. The highest BCUT2D eigenvalue weighted by atomic mass is 16.1. The van der Waals surface area contributed by atoms with Gasteiger partial charge in [0.25, 0.3) is 0 Å². The molecule has 0 aromatic heterocycles. The monoisotopic (exact) mass is 196 g/mol. The van der Waals surface area contributed by atoms with Crippen LogP contribution in [0.2, 0.25) is 0 Å². The van der Waals surface area contributed by atoms with E-state index in [-0.39, 0.29) is 5.91 Å². The predicted molar refractivity (Wildman–Crippen MR) is 58.0 cm³/mol. The van der Waals surface area contributed by atoms with E-state index in [0.717, 1.165) is 18.8 Å². The van der Waals surface area contributed by atoms with Crippen LogP contribution in [0.25, 0.3) is 0 Å². The molecule has 1 rings (SSSR count). The third kappa shape index (κ3) is 3.92. The summed E-state index contributed by atoms with van der Waals surface area (Å²) in [5, 5.41) is 5.92. The predicted octanol–water partition coefficient (Wildman–Crippen LogP) is 1.07. The Morgan fingerprint density at radius 2 is 2.36 bits per heavy atom. The van der Waals surface area contributed by atoms with Crippen LogP contribution in [0.1, 0.15) is 25.7 Å².